The molecular formula is C72H122NO8P. The second-order valence-electron chi connectivity index (χ2n) is 22.7. The molecule has 2 atom stereocenters. The first-order chi connectivity index (χ1) is 40.0. The third-order valence-electron chi connectivity index (χ3n) is 13.7. The fourth-order valence-electron chi connectivity index (χ4n) is 8.62. The molecule has 0 saturated carbocycles. The number of quaternary nitrogens is 1. The van der Waals surface area contributed by atoms with Gasteiger partial charge in [0.2, 0.25) is 0 Å². The Labute approximate surface area is 504 Å². The van der Waals surface area contributed by atoms with Gasteiger partial charge in [0.05, 0.1) is 27.7 Å². The summed E-state index contributed by atoms with van der Waals surface area (Å²) in [5.74, 6) is -0.876. The zero-order valence-corrected chi connectivity index (χ0v) is 54.0. The van der Waals surface area contributed by atoms with Gasteiger partial charge >= 0.3 is 11.9 Å². The number of phosphoric ester groups is 1. The first-order valence-electron chi connectivity index (χ1n) is 32.9. The van der Waals surface area contributed by atoms with Gasteiger partial charge in [0.15, 0.2) is 6.10 Å². The van der Waals surface area contributed by atoms with Gasteiger partial charge in [-0.3, -0.25) is 14.2 Å². The number of ether oxygens (including phenoxy) is 2. The highest BCUT2D eigenvalue weighted by Gasteiger charge is 2.22. The van der Waals surface area contributed by atoms with E-state index in [1.165, 1.54) is 122 Å². The van der Waals surface area contributed by atoms with Crippen LogP contribution in [0, 0.1) is 0 Å². The Balaban J connectivity index is 4.21. The summed E-state index contributed by atoms with van der Waals surface area (Å²) in [7, 11) is 1.13. The molecule has 0 heterocycles. The summed E-state index contributed by atoms with van der Waals surface area (Å²) in [6.45, 7) is 4.08. The van der Waals surface area contributed by atoms with E-state index in [-0.39, 0.29) is 26.1 Å². The van der Waals surface area contributed by atoms with Crippen molar-refractivity contribution in [3.05, 3.63) is 134 Å². The SMILES string of the molecule is CC/C=C\C/C=C\C/C=C\C/C=C\C/C=C\C/C=C\C/C=C\C/C=C\C/C=C\CCCCCC(=O)OC(COC(=O)CCCCCCCCCCCCCCCCC/C=C\C/C=C\CCCCCCC)COP(=O)([O-])OCC[N+](C)(C)C. The third-order valence-corrected chi connectivity index (χ3v) is 14.6. The van der Waals surface area contributed by atoms with Gasteiger partial charge in [-0.05, 0) is 116 Å². The van der Waals surface area contributed by atoms with Crippen LogP contribution in [0.5, 0.6) is 0 Å². The van der Waals surface area contributed by atoms with Crippen molar-refractivity contribution in [2.45, 2.75) is 264 Å². The Morgan fingerprint density at radius 3 is 1.05 bits per heavy atom. The van der Waals surface area contributed by atoms with Crippen LogP contribution in [0.3, 0.4) is 0 Å². The van der Waals surface area contributed by atoms with Crippen LogP contribution >= 0.6 is 7.82 Å². The Kier molecular flexibility index (Phi) is 58.8. The number of esters is 2. The van der Waals surface area contributed by atoms with E-state index in [2.05, 4.69) is 148 Å². The number of carbonyl (C=O) groups is 2. The fraction of sp³-hybridized carbons (Fsp3) is 0.667. The Bertz CT molecular complexity index is 1850. The molecule has 0 rings (SSSR count). The number of unbranched alkanes of at least 4 members (excludes halogenated alkanes) is 23. The van der Waals surface area contributed by atoms with Crippen LogP contribution in [-0.2, 0) is 32.7 Å². The second kappa shape index (κ2) is 61.7. The average molecular weight is 1160 g/mol. The summed E-state index contributed by atoms with van der Waals surface area (Å²) in [4.78, 5) is 38.0. The molecule has 0 N–H and O–H groups in total. The molecule has 0 saturated heterocycles. The van der Waals surface area contributed by atoms with Crippen LogP contribution in [0.2, 0.25) is 0 Å². The first-order valence-corrected chi connectivity index (χ1v) is 34.4. The van der Waals surface area contributed by atoms with E-state index in [0.29, 0.717) is 17.4 Å². The first kappa shape index (κ1) is 78.1. The van der Waals surface area contributed by atoms with Crippen molar-refractivity contribution in [2.75, 3.05) is 47.5 Å². The number of likely N-dealkylation sites (N-methyl/N-ethyl adjacent to an activating group) is 1. The maximum Gasteiger partial charge on any atom is 0.306 e. The molecule has 0 bridgehead atoms. The lowest BCUT2D eigenvalue weighted by molar-refractivity contribution is -0.870. The van der Waals surface area contributed by atoms with Crippen molar-refractivity contribution in [2.24, 2.45) is 0 Å². The highest BCUT2D eigenvalue weighted by Crippen LogP contribution is 2.38. The molecule has 9 nitrogen and oxygen atoms in total. The molecule has 0 aliphatic rings. The topological polar surface area (TPSA) is 111 Å². The van der Waals surface area contributed by atoms with Crippen molar-refractivity contribution in [3.63, 3.8) is 0 Å². The number of rotatable bonds is 59. The summed E-state index contributed by atoms with van der Waals surface area (Å²) in [6, 6.07) is 0. The van der Waals surface area contributed by atoms with Gasteiger partial charge in [-0.25, -0.2) is 0 Å². The summed E-state index contributed by atoms with van der Waals surface area (Å²) in [5, 5.41) is 0. The summed E-state index contributed by atoms with van der Waals surface area (Å²) >= 11 is 0. The molecular weight excluding hydrogens is 1040 g/mol. The number of allylic oxidation sites excluding steroid dienone is 22. The zero-order chi connectivity index (χ0) is 59.8. The van der Waals surface area contributed by atoms with E-state index in [9.17, 15) is 19.0 Å². The second-order valence-corrected chi connectivity index (χ2v) is 24.2. The highest BCUT2D eigenvalue weighted by molar-refractivity contribution is 7.45. The predicted octanol–water partition coefficient (Wildman–Crippen LogP) is 20.6. The minimum Gasteiger partial charge on any atom is -0.756 e. The lowest BCUT2D eigenvalue weighted by atomic mass is 10.0. The number of carbonyl (C=O) groups excluding carboxylic acids is 2. The van der Waals surface area contributed by atoms with Crippen molar-refractivity contribution < 1.29 is 42.1 Å². The number of nitrogens with zero attached hydrogens (tertiary/aromatic N) is 1. The molecule has 0 aromatic carbocycles. The van der Waals surface area contributed by atoms with Gasteiger partial charge in [0.1, 0.15) is 19.8 Å². The van der Waals surface area contributed by atoms with E-state index in [1.54, 1.807) is 0 Å². The molecule has 0 spiro atoms. The van der Waals surface area contributed by atoms with Crippen LogP contribution in [0.4, 0.5) is 0 Å². The Morgan fingerprint density at radius 2 is 0.695 bits per heavy atom. The fourth-order valence-corrected chi connectivity index (χ4v) is 9.35. The van der Waals surface area contributed by atoms with E-state index in [0.717, 1.165) is 103 Å². The monoisotopic (exact) mass is 1160 g/mol. The minimum absolute atomic E-state index is 0.0444. The van der Waals surface area contributed by atoms with Crippen LogP contribution in [0.1, 0.15) is 258 Å². The molecule has 468 valence electrons. The van der Waals surface area contributed by atoms with Gasteiger partial charge in [0, 0.05) is 12.8 Å². The van der Waals surface area contributed by atoms with Crippen molar-refractivity contribution >= 4 is 19.8 Å². The molecule has 0 aromatic heterocycles. The van der Waals surface area contributed by atoms with Gasteiger partial charge in [-0.1, -0.05) is 263 Å². The third kappa shape index (κ3) is 65.3. The summed E-state index contributed by atoms with van der Waals surface area (Å²) < 4.78 is 34.2. The molecule has 0 amide bonds. The molecule has 10 heteroatoms. The van der Waals surface area contributed by atoms with Crippen molar-refractivity contribution in [1.29, 1.82) is 0 Å². The maximum absolute atomic E-state index is 12.8. The van der Waals surface area contributed by atoms with Crippen LogP contribution in [0.25, 0.3) is 0 Å². The number of hydrogen-bond donors (Lipinski definition) is 0. The van der Waals surface area contributed by atoms with Crippen LogP contribution in [0.15, 0.2) is 134 Å². The molecule has 0 aliphatic heterocycles. The van der Waals surface area contributed by atoms with Crippen molar-refractivity contribution in [1.82, 2.24) is 0 Å². The van der Waals surface area contributed by atoms with Gasteiger partial charge in [-0.15, -0.1) is 0 Å². The molecule has 0 aromatic rings. The Hall–Kier alpha value is -3.85. The molecule has 0 fully saturated rings. The quantitative estimate of drug-likeness (QED) is 0.0195. The maximum atomic E-state index is 12.8. The van der Waals surface area contributed by atoms with Gasteiger partial charge in [0.25, 0.3) is 7.82 Å². The molecule has 0 aliphatic carbocycles. The lowest BCUT2D eigenvalue weighted by Crippen LogP contribution is -2.37. The molecule has 2 unspecified atom stereocenters. The number of phosphoric acid groups is 1. The van der Waals surface area contributed by atoms with Crippen LogP contribution in [-0.4, -0.2) is 70.0 Å². The van der Waals surface area contributed by atoms with E-state index >= 15 is 0 Å². The normalized spacial score (nSPS) is 14.1. The lowest BCUT2D eigenvalue weighted by Gasteiger charge is -2.28. The smallest absolute Gasteiger partial charge is 0.306 e. The van der Waals surface area contributed by atoms with Gasteiger partial charge < -0.3 is 27.9 Å². The molecule has 82 heavy (non-hydrogen) atoms. The van der Waals surface area contributed by atoms with E-state index in [4.69, 9.17) is 18.5 Å². The Morgan fingerprint density at radius 1 is 0.390 bits per heavy atom. The van der Waals surface area contributed by atoms with Gasteiger partial charge in [-0.2, -0.15) is 0 Å². The number of hydrogen-bond acceptors (Lipinski definition) is 8. The minimum atomic E-state index is -4.66. The summed E-state index contributed by atoms with van der Waals surface area (Å²) in [6.07, 6.45) is 89.4. The van der Waals surface area contributed by atoms with Crippen molar-refractivity contribution in [3.8, 4) is 0 Å². The molecule has 0 radical (unpaired) electrons. The van der Waals surface area contributed by atoms with Crippen LogP contribution < -0.4 is 4.89 Å². The predicted molar refractivity (Wildman–Crippen MR) is 351 cm³/mol. The van der Waals surface area contributed by atoms with E-state index in [1.807, 2.05) is 21.1 Å². The largest absolute Gasteiger partial charge is 0.756 e. The highest BCUT2D eigenvalue weighted by atomic mass is 31.2. The average Bonchev–Trinajstić information content (AvgIpc) is 3.46. The summed E-state index contributed by atoms with van der Waals surface area (Å²) in [5.41, 5.74) is 0. The zero-order valence-electron chi connectivity index (χ0n) is 53.1. The standard InChI is InChI=1S/C72H122NO8P/c1-6-8-10-12-14-16-18-20-22-24-26-28-30-32-34-35-36-37-39-41-43-45-47-49-51-53-55-57-59-61-63-65-72(75)81-70(69-80-82(76,77)79-67-66-73(3,4)5)68-78-71(74)64-62-60-58-56-54-52-50-48-46-44-42-40-38-33-31-29-27-25-23-21-19-17-15-13-11-9-7-2/h8,10,14,16,19-22,25-28,32,34,36-37,41,43,47,49,53,55,70H,6-7,9,11-13,15,17-18,23-24,29-31,33,35,38-40,42,44-46,48,50-52,54,56-69H2,1-5H3/b10-8-,16-14-,21-19-,22-20-,27-25-,28-26-,34-32-,37-36-,43-41-,49-47-,55-53-. The van der Waals surface area contributed by atoms with E-state index < -0.39 is 32.5 Å².